The number of aliphatic carboxylic acids is 1. The summed E-state index contributed by atoms with van der Waals surface area (Å²) in [4.78, 5) is 22.9. The zero-order chi connectivity index (χ0) is 21.4. The van der Waals surface area contributed by atoms with Gasteiger partial charge in [-0.3, -0.25) is 9.59 Å². The molecule has 0 aliphatic carbocycles. The van der Waals surface area contributed by atoms with E-state index in [1.165, 1.54) is 39.3 Å². The number of rotatable bonds is 11. The molecule has 0 saturated carbocycles. The fraction of sp³-hybridized carbons (Fsp3) is 0.333. The summed E-state index contributed by atoms with van der Waals surface area (Å²) in [7, 11) is 2.91. The minimum atomic E-state index is -0.890. The molecule has 0 aliphatic heterocycles. The molecule has 2 aromatic carbocycles. The van der Waals surface area contributed by atoms with Gasteiger partial charge in [0, 0.05) is 41.9 Å². The van der Waals surface area contributed by atoms with E-state index in [-0.39, 0.29) is 24.6 Å². The number of carboxylic acid groups (broad SMARTS) is 1. The third-order valence-corrected chi connectivity index (χ3v) is 4.14. The Morgan fingerprint density at radius 3 is 2.45 bits per heavy atom. The fourth-order valence-electron chi connectivity index (χ4n) is 2.76. The Morgan fingerprint density at radius 2 is 1.83 bits per heavy atom. The largest absolute Gasteiger partial charge is 0.497 e. The van der Waals surface area contributed by atoms with Crippen LogP contribution in [0.4, 0.5) is 10.1 Å². The number of methoxy groups -OCH3 is 2. The van der Waals surface area contributed by atoms with Crippen LogP contribution in [0.1, 0.15) is 31.4 Å². The molecule has 0 aromatic heterocycles. The number of ketones is 1. The van der Waals surface area contributed by atoms with Crippen molar-refractivity contribution in [2.45, 2.75) is 25.8 Å². The van der Waals surface area contributed by atoms with Crippen LogP contribution < -0.4 is 19.5 Å². The summed E-state index contributed by atoms with van der Waals surface area (Å²) in [6.45, 7) is 1.64. The summed E-state index contributed by atoms with van der Waals surface area (Å²) in [6.07, 6.45) is 0.365. The maximum atomic E-state index is 13.5. The second-order valence-corrected chi connectivity index (χ2v) is 6.32. The smallest absolute Gasteiger partial charge is 0.303 e. The molecule has 0 amide bonds. The number of anilines is 1. The highest BCUT2D eigenvalue weighted by molar-refractivity contribution is 5.86. The van der Waals surface area contributed by atoms with E-state index < -0.39 is 17.8 Å². The van der Waals surface area contributed by atoms with Crippen molar-refractivity contribution in [3.63, 3.8) is 0 Å². The molecule has 1 unspecified atom stereocenters. The molecule has 2 rings (SSSR count). The first-order chi connectivity index (χ1) is 13.8. The molecule has 2 N–H and O–H groups in total. The van der Waals surface area contributed by atoms with Gasteiger partial charge in [-0.25, -0.2) is 4.39 Å². The molecule has 0 aliphatic rings. The standard InChI is InChI=1S/C21H24FNO6/c1-13(24)21(18-7-6-14(22)9-19(18)28-3)23-15-10-16(27-2)12-17(11-15)29-8-4-5-20(25)26/h6-7,9-12,21,23H,4-5,8H2,1-3H3,(H,25,26). The average Bonchev–Trinajstić information content (AvgIpc) is 2.69. The molecular weight excluding hydrogens is 381 g/mol. The third kappa shape index (κ3) is 6.38. The Morgan fingerprint density at radius 1 is 1.10 bits per heavy atom. The summed E-state index contributed by atoms with van der Waals surface area (Å²) in [6, 6.07) is 8.22. The Bertz CT molecular complexity index is 870. The fourth-order valence-corrected chi connectivity index (χ4v) is 2.76. The Labute approximate surface area is 168 Å². The van der Waals surface area contributed by atoms with Crippen molar-refractivity contribution in [2.75, 3.05) is 26.1 Å². The van der Waals surface area contributed by atoms with Crippen molar-refractivity contribution in [3.8, 4) is 17.2 Å². The van der Waals surface area contributed by atoms with E-state index in [0.717, 1.165) is 0 Å². The van der Waals surface area contributed by atoms with Gasteiger partial charge in [0.2, 0.25) is 0 Å². The molecule has 0 radical (unpaired) electrons. The van der Waals surface area contributed by atoms with E-state index in [1.54, 1.807) is 18.2 Å². The maximum Gasteiger partial charge on any atom is 0.303 e. The molecule has 1 atom stereocenters. The summed E-state index contributed by atoms with van der Waals surface area (Å²) in [5.41, 5.74) is 1.04. The molecule has 29 heavy (non-hydrogen) atoms. The topological polar surface area (TPSA) is 94.1 Å². The summed E-state index contributed by atoms with van der Waals surface area (Å²) < 4.78 is 29.6. The van der Waals surface area contributed by atoms with Crippen molar-refractivity contribution >= 4 is 17.4 Å². The number of carboxylic acids is 1. The van der Waals surface area contributed by atoms with Gasteiger partial charge >= 0.3 is 5.97 Å². The molecule has 0 saturated heterocycles. The summed E-state index contributed by atoms with van der Waals surface area (Å²) in [5, 5.41) is 11.8. The van der Waals surface area contributed by atoms with Gasteiger partial charge in [0.05, 0.1) is 20.8 Å². The maximum absolute atomic E-state index is 13.5. The van der Waals surface area contributed by atoms with Crippen LogP contribution >= 0.6 is 0 Å². The lowest BCUT2D eigenvalue weighted by Crippen LogP contribution is -2.19. The van der Waals surface area contributed by atoms with Crippen LogP contribution in [0.2, 0.25) is 0 Å². The first kappa shape index (κ1) is 22.0. The van der Waals surface area contributed by atoms with Crippen molar-refractivity contribution in [1.82, 2.24) is 0 Å². The number of carbonyl (C=O) groups is 2. The highest BCUT2D eigenvalue weighted by atomic mass is 19.1. The predicted octanol–water partition coefficient (Wildman–Crippen LogP) is 3.83. The lowest BCUT2D eigenvalue weighted by Gasteiger charge is -2.21. The minimum absolute atomic E-state index is 0.00580. The van der Waals surface area contributed by atoms with Gasteiger partial charge in [-0.2, -0.15) is 0 Å². The average molecular weight is 405 g/mol. The van der Waals surface area contributed by atoms with E-state index in [1.807, 2.05) is 0 Å². The second kappa shape index (κ2) is 10.3. The first-order valence-electron chi connectivity index (χ1n) is 8.98. The van der Waals surface area contributed by atoms with Crippen molar-refractivity contribution in [3.05, 3.63) is 47.8 Å². The Kier molecular flexibility index (Phi) is 7.82. The first-order valence-corrected chi connectivity index (χ1v) is 8.98. The number of halogens is 1. The van der Waals surface area contributed by atoms with Crippen molar-refractivity contribution in [1.29, 1.82) is 0 Å². The zero-order valence-electron chi connectivity index (χ0n) is 16.5. The van der Waals surface area contributed by atoms with Crippen molar-refractivity contribution < 1.29 is 33.3 Å². The number of hydrogen-bond donors (Lipinski definition) is 2. The van der Waals surface area contributed by atoms with Gasteiger partial charge in [-0.05, 0) is 25.5 Å². The van der Waals surface area contributed by atoms with Crippen LogP contribution in [-0.4, -0.2) is 37.7 Å². The quantitative estimate of drug-likeness (QED) is 0.549. The molecule has 156 valence electrons. The van der Waals surface area contributed by atoms with Crippen molar-refractivity contribution in [2.24, 2.45) is 0 Å². The monoisotopic (exact) mass is 405 g/mol. The lowest BCUT2D eigenvalue weighted by atomic mass is 10.0. The summed E-state index contributed by atoms with van der Waals surface area (Å²) in [5.74, 6) is -0.333. The van der Waals surface area contributed by atoms with Gasteiger partial charge < -0.3 is 24.6 Å². The van der Waals surface area contributed by atoms with Crippen LogP contribution in [0.15, 0.2) is 36.4 Å². The molecule has 0 fully saturated rings. The number of carbonyl (C=O) groups excluding carboxylic acids is 1. The van der Waals surface area contributed by atoms with Gasteiger partial charge in [0.15, 0.2) is 5.78 Å². The molecule has 7 nitrogen and oxygen atoms in total. The Balaban J connectivity index is 2.26. The van der Waals surface area contributed by atoms with E-state index in [4.69, 9.17) is 19.3 Å². The Hall–Kier alpha value is -3.29. The van der Waals surface area contributed by atoms with Crippen LogP contribution in [0, 0.1) is 5.82 Å². The van der Waals surface area contributed by atoms with Gasteiger partial charge in [-0.15, -0.1) is 0 Å². The van der Waals surface area contributed by atoms with Gasteiger partial charge in [-0.1, -0.05) is 0 Å². The molecule has 0 heterocycles. The van der Waals surface area contributed by atoms with Gasteiger partial charge in [0.1, 0.15) is 29.1 Å². The number of Topliss-reactive ketones (excluding diaryl/α,β-unsaturated/α-hetero) is 1. The van der Waals surface area contributed by atoms with Crippen LogP contribution in [-0.2, 0) is 9.59 Å². The highest BCUT2D eigenvalue weighted by Crippen LogP contribution is 2.32. The van der Waals surface area contributed by atoms with E-state index in [0.29, 0.717) is 29.2 Å². The third-order valence-electron chi connectivity index (χ3n) is 4.14. The normalized spacial score (nSPS) is 11.4. The van der Waals surface area contributed by atoms with Crippen LogP contribution in [0.3, 0.4) is 0 Å². The van der Waals surface area contributed by atoms with Crippen LogP contribution in [0.5, 0.6) is 17.2 Å². The number of benzene rings is 2. The molecule has 0 spiro atoms. The van der Waals surface area contributed by atoms with Crippen LogP contribution in [0.25, 0.3) is 0 Å². The van der Waals surface area contributed by atoms with E-state index in [9.17, 15) is 14.0 Å². The second-order valence-electron chi connectivity index (χ2n) is 6.32. The molecular formula is C21H24FNO6. The molecule has 2 aromatic rings. The highest BCUT2D eigenvalue weighted by Gasteiger charge is 2.22. The SMILES string of the molecule is COc1cc(NC(C(C)=O)c2ccc(F)cc2OC)cc(OCCCC(=O)O)c1. The van der Waals surface area contributed by atoms with E-state index >= 15 is 0 Å². The number of hydrogen-bond acceptors (Lipinski definition) is 6. The van der Waals surface area contributed by atoms with Gasteiger partial charge in [0.25, 0.3) is 0 Å². The molecule has 8 heteroatoms. The number of ether oxygens (including phenoxy) is 3. The predicted molar refractivity (Wildman–Crippen MR) is 105 cm³/mol. The minimum Gasteiger partial charge on any atom is -0.497 e. The van der Waals surface area contributed by atoms with E-state index in [2.05, 4.69) is 5.32 Å². The summed E-state index contributed by atoms with van der Waals surface area (Å²) >= 11 is 0. The zero-order valence-corrected chi connectivity index (χ0v) is 16.5. The number of nitrogens with one attached hydrogen (secondary N) is 1. The molecule has 0 bridgehead atoms. The lowest BCUT2D eigenvalue weighted by molar-refractivity contribution is -0.137.